The highest BCUT2D eigenvalue weighted by Gasteiger charge is 2.27. The van der Waals surface area contributed by atoms with Crippen LogP contribution in [0.3, 0.4) is 0 Å². The second-order valence-electron chi connectivity index (χ2n) is 5.17. The molecule has 1 aromatic rings. The maximum absolute atomic E-state index is 11.2. The molecule has 1 fully saturated rings. The van der Waals surface area contributed by atoms with Crippen molar-refractivity contribution >= 4 is 15.9 Å². The van der Waals surface area contributed by atoms with Gasteiger partial charge in [0.15, 0.2) is 6.20 Å². The van der Waals surface area contributed by atoms with Crippen molar-refractivity contribution in [1.82, 2.24) is 0 Å². The van der Waals surface area contributed by atoms with Crippen molar-refractivity contribution in [2.45, 2.75) is 39.0 Å². The van der Waals surface area contributed by atoms with Crippen molar-refractivity contribution < 1.29 is 9.47 Å². The average Bonchev–Trinajstić information content (AvgIpc) is 2.32. The van der Waals surface area contributed by atoms with Gasteiger partial charge in [-0.1, -0.05) is 26.2 Å². The van der Waals surface area contributed by atoms with E-state index in [0.29, 0.717) is 10.0 Å². The minimum Gasteiger partial charge on any atom is -0.618 e. The molecule has 4 heteroatoms. The molecule has 0 amide bonds. The van der Waals surface area contributed by atoms with Gasteiger partial charge in [0.1, 0.15) is 5.75 Å². The summed E-state index contributed by atoms with van der Waals surface area (Å²) in [6, 6.07) is 3.43. The monoisotopic (exact) mass is 299 g/mol. The molecular weight excluding hydrogens is 282 g/mol. The topological polar surface area (TPSA) is 36.2 Å². The van der Waals surface area contributed by atoms with Crippen molar-refractivity contribution in [3.8, 4) is 5.75 Å². The molecule has 17 heavy (non-hydrogen) atoms. The van der Waals surface area contributed by atoms with E-state index in [9.17, 15) is 5.21 Å². The molecule has 2 rings (SSSR count). The molecule has 94 valence electrons. The Morgan fingerprint density at radius 3 is 2.76 bits per heavy atom. The zero-order valence-electron chi connectivity index (χ0n) is 10.1. The molecule has 0 unspecified atom stereocenters. The SMILES string of the molecule is CC1(COc2cc[n+]([O-])c(Br)c2)CCCCC1. The third-order valence-corrected chi connectivity index (χ3v) is 4.07. The molecule has 0 N–H and O–H groups in total. The van der Waals surface area contributed by atoms with E-state index in [2.05, 4.69) is 22.9 Å². The van der Waals surface area contributed by atoms with Gasteiger partial charge in [0.05, 0.1) is 12.7 Å². The first kappa shape index (κ1) is 12.7. The molecule has 0 spiro atoms. The summed E-state index contributed by atoms with van der Waals surface area (Å²) in [5, 5.41) is 11.2. The van der Waals surface area contributed by atoms with E-state index in [1.165, 1.54) is 38.3 Å². The second kappa shape index (κ2) is 5.25. The molecule has 0 bridgehead atoms. The summed E-state index contributed by atoms with van der Waals surface area (Å²) >= 11 is 3.20. The van der Waals surface area contributed by atoms with E-state index in [-0.39, 0.29) is 0 Å². The molecule has 0 aromatic carbocycles. The standard InChI is InChI=1S/C13H18BrNO2/c1-13(6-3-2-4-7-13)10-17-11-5-8-15(16)12(14)9-11/h5,8-9H,2-4,6-7,10H2,1H3. The lowest BCUT2D eigenvalue weighted by molar-refractivity contribution is -0.617. The Bertz CT molecular complexity index is 389. The molecule has 0 radical (unpaired) electrons. The van der Waals surface area contributed by atoms with Gasteiger partial charge >= 0.3 is 0 Å². The van der Waals surface area contributed by atoms with E-state index in [4.69, 9.17) is 4.74 Å². The highest BCUT2D eigenvalue weighted by molar-refractivity contribution is 9.10. The number of hydrogen-bond acceptors (Lipinski definition) is 2. The third-order valence-electron chi connectivity index (χ3n) is 3.49. The van der Waals surface area contributed by atoms with Crippen molar-refractivity contribution in [3.63, 3.8) is 0 Å². The number of aromatic nitrogens is 1. The molecule has 1 aliphatic carbocycles. The van der Waals surface area contributed by atoms with Gasteiger partial charge in [-0.2, -0.15) is 4.73 Å². The Morgan fingerprint density at radius 2 is 2.12 bits per heavy atom. The first-order chi connectivity index (χ1) is 8.09. The van der Waals surface area contributed by atoms with Crippen LogP contribution in [0.5, 0.6) is 5.75 Å². The van der Waals surface area contributed by atoms with Gasteiger partial charge in [-0.15, -0.1) is 0 Å². The number of ether oxygens (including phenoxy) is 1. The Hall–Kier alpha value is -0.770. The van der Waals surface area contributed by atoms with Crippen LogP contribution in [-0.4, -0.2) is 6.61 Å². The Kier molecular flexibility index (Phi) is 3.92. The summed E-state index contributed by atoms with van der Waals surface area (Å²) in [5.41, 5.74) is 0.300. The quantitative estimate of drug-likeness (QED) is 0.487. The molecule has 1 saturated carbocycles. The third kappa shape index (κ3) is 3.35. The van der Waals surface area contributed by atoms with Crippen LogP contribution in [0, 0.1) is 10.6 Å². The van der Waals surface area contributed by atoms with E-state index in [1.54, 1.807) is 12.1 Å². The first-order valence-corrected chi connectivity index (χ1v) is 6.90. The van der Waals surface area contributed by atoms with Crippen molar-refractivity contribution in [2.75, 3.05) is 6.61 Å². The smallest absolute Gasteiger partial charge is 0.262 e. The van der Waals surface area contributed by atoms with Gasteiger partial charge in [-0.05, 0) is 12.8 Å². The fourth-order valence-electron chi connectivity index (χ4n) is 2.34. The van der Waals surface area contributed by atoms with Crippen LogP contribution in [0.15, 0.2) is 22.9 Å². The summed E-state index contributed by atoms with van der Waals surface area (Å²) in [6.45, 7) is 3.03. The Balaban J connectivity index is 1.94. The van der Waals surface area contributed by atoms with Gasteiger partial charge in [-0.3, -0.25) is 0 Å². The van der Waals surface area contributed by atoms with Gasteiger partial charge in [-0.25, -0.2) is 0 Å². The predicted octanol–water partition coefficient (Wildman–Crippen LogP) is 3.43. The number of rotatable bonds is 3. The molecule has 0 atom stereocenters. The van der Waals surface area contributed by atoms with Crippen LogP contribution in [0.25, 0.3) is 0 Å². The molecule has 0 aliphatic heterocycles. The molecule has 1 heterocycles. The number of pyridine rings is 1. The van der Waals surface area contributed by atoms with Crippen LogP contribution < -0.4 is 9.47 Å². The average molecular weight is 300 g/mol. The molecule has 1 aliphatic rings. The number of nitrogens with zero attached hydrogens (tertiary/aromatic N) is 1. The fourth-order valence-corrected chi connectivity index (χ4v) is 2.68. The zero-order valence-corrected chi connectivity index (χ0v) is 11.7. The van der Waals surface area contributed by atoms with E-state index < -0.39 is 0 Å². The van der Waals surface area contributed by atoms with Crippen LogP contribution >= 0.6 is 15.9 Å². The van der Waals surface area contributed by atoms with Gasteiger partial charge in [0.2, 0.25) is 0 Å². The van der Waals surface area contributed by atoms with E-state index in [0.717, 1.165) is 17.1 Å². The first-order valence-electron chi connectivity index (χ1n) is 6.11. The van der Waals surface area contributed by atoms with Gasteiger partial charge in [0, 0.05) is 27.4 Å². The Labute approximate surface area is 111 Å². The second-order valence-corrected chi connectivity index (χ2v) is 5.98. The summed E-state index contributed by atoms with van der Waals surface area (Å²) in [7, 11) is 0. The Morgan fingerprint density at radius 1 is 1.41 bits per heavy atom. The highest BCUT2D eigenvalue weighted by atomic mass is 79.9. The maximum Gasteiger partial charge on any atom is 0.262 e. The maximum atomic E-state index is 11.2. The summed E-state index contributed by atoms with van der Waals surface area (Å²) in [4.78, 5) is 0. The molecule has 1 aromatic heterocycles. The molecule has 3 nitrogen and oxygen atoms in total. The normalized spacial score (nSPS) is 18.9. The van der Waals surface area contributed by atoms with E-state index >= 15 is 0 Å². The molecule has 0 saturated heterocycles. The summed E-state index contributed by atoms with van der Waals surface area (Å²) < 4.78 is 7.06. The lowest BCUT2D eigenvalue weighted by Crippen LogP contribution is -2.29. The summed E-state index contributed by atoms with van der Waals surface area (Å²) in [5.74, 6) is 0.760. The number of halogens is 1. The highest BCUT2D eigenvalue weighted by Crippen LogP contribution is 2.36. The van der Waals surface area contributed by atoms with Crippen molar-refractivity contribution in [2.24, 2.45) is 5.41 Å². The summed E-state index contributed by atoms with van der Waals surface area (Å²) in [6.07, 6.45) is 7.90. The fraction of sp³-hybridized carbons (Fsp3) is 0.615. The van der Waals surface area contributed by atoms with Gasteiger partial charge < -0.3 is 9.94 Å². The minimum atomic E-state index is 0.300. The van der Waals surface area contributed by atoms with Crippen LogP contribution in [0.1, 0.15) is 39.0 Å². The lowest BCUT2D eigenvalue weighted by atomic mass is 9.76. The van der Waals surface area contributed by atoms with E-state index in [1.807, 2.05) is 0 Å². The lowest BCUT2D eigenvalue weighted by Gasteiger charge is -2.33. The predicted molar refractivity (Wildman–Crippen MR) is 69.8 cm³/mol. The minimum absolute atomic E-state index is 0.300. The van der Waals surface area contributed by atoms with Crippen LogP contribution in [0.4, 0.5) is 0 Å². The number of hydrogen-bond donors (Lipinski definition) is 0. The van der Waals surface area contributed by atoms with Crippen molar-refractivity contribution in [1.29, 1.82) is 0 Å². The zero-order chi connectivity index (χ0) is 12.3. The van der Waals surface area contributed by atoms with Gasteiger partial charge in [0.25, 0.3) is 4.60 Å². The largest absolute Gasteiger partial charge is 0.618 e. The van der Waals surface area contributed by atoms with Crippen LogP contribution in [-0.2, 0) is 0 Å². The van der Waals surface area contributed by atoms with Crippen molar-refractivity contribution in [3.05, 3.63) is 28.1 Å². The van der Waals surface area contributed by atoms with Crippen LogP contribution in [0.2, 0.25) is 0 Å². The molecular formula is C13H18BrNO2.